The van der Waals surface area contributed by atoms with E-state index in [1.807, 2.05) is 0 Å². The van der Waals surface area contributed by atoms with E-state index in [0.717, 1.165) is 12.3 Å². The number of hydrogen-bond acceptors (Lipinski definition) is 2. The third-order valence-corrected chi connectivity index (χ3v) is 5.91. The Morgan fingerprint density at radius 2 is 1.29 bits per heavy atom. The number of aliphatic imine (C=N–C) groups is 1. The maximum Gasteiger partial charge on any atom is 0.0574 e. The highest BCUT2D eigenvalue weighted by atomic mass is 15.1. The van der Waals surface area contributed by atoms with Crippen LogP contribution >= 0.6 is 0 Å². The van der Waals surface area contributed by atoms with Gasteiger partial charge in [-0.1, -0.05) is 103 Å². The number of rotatable bonds is 7. The molecule has 3 aromatic carbocycles. The third kappa shape index (κ3) is 6.24. The summed E-state index contributed by atoms with van der Waals surface area (Å²) in [6.45, 7) is 2.85. The molecular formula is C33H32N2. The van der Waals surface area contributed by atoms with Gasteiger partial charge in [-0.15, -0.1) is 0 Å². The predicted octanol–water partition coefficient (Wildman–Crippen LogP) is 7.78. The molecule has 1 aliphatic rings. The Hall–Kier alpha value is -4.17. The van der Waals surface area contributed by atoms with E-state index in [1.165, 1.54) is 39.1 Å². The van der Waals surface area contributed by atoms with E-state index in [2.05, 4.69) is 158 Å². The zero-order valence-corrected chi connectivity index (χ0v) is 20.7. The molecule has 0 heterocycles. The van der Waals surface area contributed by atoms with Crippen molar-refractivity contribution >= 4 is 22.5 Å². The van der Waals surface area contributed by atoms with Gasteiger partial charge in [-0.25, -0.2) is 0 Å². The van der Waals surface area contributed by atoms with E-state index >= 15 is 0 Å². The van der Waals surface area contributed by atoms with Crippen molar-refractivity contribution < 1.29 is 0 Å². The van der Waals surface area contributed by atoms with Crippen LogP contribution in [0, 0.1) is 0 Å². The molecule has 0 bridgehead atoms. The summed E-state index contributed by atoms with van der Waals surface area (Å²) in [4.78, 5) is 6.63. The Bertz CT molecular complexity index is 1280. The number of nitrogens with zero attached hydrogens (tertiary/aromatic N) is 2. The second-order valence-electron chi connectivity index (χ2n) is 8.55. The minimum atomic E-state index is 0.789. The fraction of sp³-hybridized carbons (Fsp3) is 0.121. The van der Waals surface area contributed by atoms with Crippen molar-refractivity contribution in [2.45, 2.75) is 6.92 Å². The second-order valence-corrected chi connectivity index (χ2v) is 8.55. The van der Waals surface area contributed by atoms with Gasteiger partial charge in [0.15, 0.2) is 0 Å². The Balaban J connectivity index is 1.75. The lowest BCUT2D eigenvalue weighted by atomic mass is 9.94. The molecule has 2 nitrogen and oxygen atoms in total. The van der Waals surface area contributed by atoms with Crippen LogP contribution in [0.25, 0.3) is 11.1 Å². The smallest absolute Gasteiger partial charge is 0.0574 e. The molecule has 174 valence electrons. The average molecular weight is 457 g/mol. The monoisotopic (exact) mass is 456 g/mol. The Morgan fingerprint density at radius 3 is 1.86 bits per heavy atom. The summed E-state index contributed by atoms with van der Waals surface area (Å²) in [5.74, 6) is 0. The zero-order chi connectivity index (χ0) is 24.5. The SMILES string of the molecule is CCN=C1C=CC(=C(C=CC=C(c2ccccc2)c2ccc(N(C)C)cc2)c2ccccc2)C=C1. The summed E-state index contributed by atoms with van der Waals surface area (Å²) in [7, 11) is 4.13. The first-order valence-electron chi connectivity index (χ1n) is 12.1. The summed E-state index contributed by atoms with van der Waals surface area (Å²) in [6, 6.07) is 29.8. The minimum Gasteiger partial charge on any atom is -0.378 e. The molecule has 0 aromatic heterocycles. The van der Waals surface area contributed by atoms with Crippen LogP contribution in [0.1, 0.15) is 23.6 Å². The highest BCUT2D eigenvalue weighted by Crippen LogP contribution is 2.27. The topological polar surface area (TPSA) is 15.6 Å². The summed E-state index contributed by atoms with van der Waals surface area (Å²) in [5, 5.41) is 0. The van der Waals surface area contributed by atoms with Gasteiger partial charge in [0, 0.05) is 26.3 Å². The Morgan fingerprint density at radius 1 is 0.714 bits per heavy atom. The number of anilines is 1. The van der Waals surface area contributed by atoms with Crippen LogP contribution in [0.4, 0.5) is 5.69 Å². The van der Waals surface area contributed by atoms with Gasteiger partial charge in [0.2, 0.25) is 0 Å². The first-order valence-corrected chi connectivity index (χ1v) is 12.1. The van der Waals surface area contributed by atoms with E-state index in [-0.39, 0.29) is 0 Å². The molecule has 0 saturated carbocycles. The van der Waals surface area contributed by atoms with Gasteiger partial charge in [0.25, 0.3) is 0 Å². The fourth-order valence-corrected chi connectivity index (χ4v) is 4.06. The number of allylic oxidation sites excluding steroid dienone is 9. The van der Waals surface area contributed by atoms with Crippen molar-refractivity contribution in [1.82, 2.24) is 0 Å². The first-order chi connectivity index (χ1) is 17.2. The minimum absolute atomic E-state index is 0.789. The Kier molecular flexibility index (Phi) is 8.08. The van der Waals surface area contributed by atoms with Gasteiger partial charge < -0.3 is 4.90 Å². The standard InChI is InChI=1S/C33H32N2/c1-4-34-30-22-18-28(19-23-30)32(26-12-7-5-8-13-26)16-11-17-33(27-14-9-6-10-15-27)29-20-24-31(25-21-29)35(2)3/h5-25H,4H2,1-3H3. The normalized spacial score (nSPS) is 13.4. The molecule has 0 N–H and O–H groups in total. The van der Waals surface area contributed by atoms with Crippen molar-refractivity contribution in [3.05, 3.63) is 150 Å². The number of benzene rings is 3. The highest BCUT2D eigenvalue weighted by molar-refractivity contribution is 6.07. The van der Waals surface area contributed by atoms with Crippen LogP contribution in [-0.2, 0) is 0 Å². The van der Waals surface area contributed by atoms with Crippen molar-refractivity contribution in [1.29, 1.82) is 0 Å². The van der Waals surface area contributed by atoms with Gasteiger partial charge in [-0.3, -0.25) is 4.99 Å². The van der Waals surface area contributed by atoms with Gasteiger partial charge in [0.1, 0.15) is 0 Å². The Labute approximate surface area is 209 Å². The van der Waals surface area contributed by atoms with E-state index in [1.54, 1.807) is 0 Å². The molecule has 0 spiro atoms. The maximum absolute atomic E-state index is 4.51. The zero-order valence-electron chi connectivity index (χ0n) is 20.7. The van der Waals surface area contributed by atoms with E-state index < -0.39 is 0 Å². The van der Waals surface area contributed by atoms with E-state index in [9.17, 15) is 0 Å². The maximum atomic E-state index is 4.51. The predicted molar refractivity (Wildman–Crippen MR) is 153 cm³/mol. The summed E-state index contributed by atoms with van der Waals surface area (Å²) in [5.41, 5.74) is 9.33. The van der Waals surface area contributed by atoms with Crippen molar-refractivity contribution in [2.75, 3.05) is 25.5 Å². The van der Waals surface area contributed by atoms with Crippen LogP contribution in [0.15, 0.2) is 138 Å². The second kappa shape index (κ2) is 11.8. The van der Waals surface area contributed by atoms with Crippen LogP contribution in [0.3, 0.4) is 0 Å². The lowest BCUT2D eigenvalue weighted by Gasteiger charge is -2.14. The lowest BCUT2D eigenvalue weighted by molar-refractivity contribution is 1.13. The van der Waals surface area contributed by atoms with Gasteiger partial charge in [-0.05, 0) is 64.6 Å². The third-order valence-electron chi connectivity index (χ3n) is 5.91. The summed E-state index contributed by atoms with van der Waals surface area (Å²) < 4.78 is 0. The van der Waals surface area contributed by atoms with Crippen LogP contribution in [-0.4, -0.2) is 26.4 Å². The molecule has 0 atom stereocenters. The molecular weight excluding hydrogens is 424 g/mol. The van der Waals surface area contributed by atoms with Crippen LogP contribution < -0.4 is 4.90 Å². The quantitative estimate of drug-likeness (QED) is 0.331. The lowest BCUT2D eigenvalue weighted by Crippen LogP contribution is -2.08. The molecule has 0 saturated heterocycles. The average Bonchev–Trinajstić information content (AvgIpc) is 2.91. The van der Waals surface area contributed by atoms with E-state index in [0.29, 0.717) is 0 Å². The van der Waals surface area contributed by atoms with Crippen LogP contribution in [0.2, 0.25) is 0 Å². The summed E-state index contributed by atoms with van der Waals surface area (Å²) >= 11 is 0. The van der Waals surface area contributed by atoms with Crippen LogP contribution in [0.5, 0.6) is 0 Å². The fourth-order valence-electron chi connectivity index (χ4n) is 4.06. The molecule has 2 heteroatoms. The van der Waals surface area contributed by atoms with E-state index in [4.69, 9.17) is 0 Å². The molecule has 0 unspecified atom stereocenters. The van der Waals surface area contributed by atoms with Crippen molar-refractivity contribution in [3.8, 4) is 0 Å². The molecule has 1 aliphatic carbocycles. The van der Waals surface area contributed by atoms with Gasteiger partial charge in [-0.2, -0.15) is 0 Å². The molecule has 0 radical (unpaired) electrons. The molecule has 0 aliphatic heterocycles. The van der Waals surface area contributed by atoms with Crippen molar-refractivity contribution in [2.24, 2.45) is 4.99 Å². The molecule has 4 rings (SSSR count). The summed E-state index contributed by atoms with van der Waals surface area (Å²) in [6.07, 6.45) is 15.1. The van der Waals surface area contributed by atoms with Gasteiger partial charge in [0.05, 0.1) is 5.71 Å². The van der Waals surface area contributed by atoms with Gasteiger partial charge >= 0.3 is 0 Å². The molecule has 3 aromatic rings. The van der Waals surface area contributed by atoms with Crippen molar-refractivity contribution in [3.63, 3.8) is 0 Å². The number of hydrogen-bond donors (Lipinski definition) is 0. The highest BCUT2D eigenvalue weighted by Gasteiger charge is 2.07. The molecule has 35 heavy (non-hydrogen) atoms. The largest absolute Gasteiger partial charge is 0.378 e. The first kappa shape index (κ1) is 24.0. The molecule has 0 amide bonds. The molecule has 0 fully saturated rings.